The summed E-state index contributed by atoms with van der Waals surface area (Å²) >= 11 is 7.97. The lowest BCUT2D eigenvalue weighted by Crippen LogP contribution is -2.09. The Morgan fingerprint density at radius 2 is 1.89 bits per heavy atom. The van der Waals surface area contributed by atoms with Crippen molar-refractivity contribution in [2.75, 3.05) is 10.6 Å². The molecule has 0 amide bonds. The summed E-state index contributed by atoms with van der Waals surface area (Å²) < 4.78 is 0. The molecule has 0 aliphatic heterocycles. The van der Waals surface area contributed by atoms with Gasteiger partial charge in [0.15, 0.2) is 0 Å². The fourth-order valence-corrected chi connectivity index (χ4v) is 3.77. The molecule has 2 aromatic carbocycles. The van der Waals surface area contributed by atoms with Crippen LogP contribution in [0, 0.1) is 6.92 Å². The molecule has 0 unspecified atom stereocenters. The minimum absolute atomic E-state index is 0.157. The SMILES string of the molecule is Cc1ccc(Nc2nc(N[C@H](C)c3cccs3)c3ccccc3n2)cc1Cl. The molecular weight excluding hydrogens is 376 g/mol. The van der Waals surface area contributed by atoms with Gasteiger partial charge in [-0.05, 0) is 55.1 Å². The van der Waals surface area contributed by atoms with Crippen LogP contribution in [-0.4, -0.2) is 9.97 Å². The number of hydrogen-bond acceptors (Lipinski definition) is 5. The topological polar surface area (TPSA) is 49.8 Å². The third-order valence-electron chi connectivity index (χ3n) is 4.35. The molecule has 0 bridgehead atoms. The van der Waals surface area contributed by atoms with Gasteiger partial charge in [-0.1, -0.05) is 35.9 Å². The number of rotatable bonds is 5. The van der Waals surface area contributed by atoms with E-state index < -0.39 is 0 Å². The van der Waals surface area contributed by atoms with E-state index in [1.807, 2.05) is 49.4 Å². The second-order valence-corrected chi connectivity index (χ2v) is 7.77. The summed E-state index contributed by atoms with van der Waals surface area (Å²) in [5.41, 5.74) is 2.78. The van der Waals surface area contributed by atoms with Crippen molar-refractivity contribution in [2.24, 2.45) is 0 Å². The third kappa shape index (κ3) is 3.89. The Balaban J connectivity index is 1.70. The van der Waals surface area contributed by atoms with Crippen molar-refractivity contribution in [1.82, 2.24) is 9.97 Å². The standard InChI is InChI=1S/C21H19ClN4S/c1-13-9-10-15(12-17(13)22)24-21-25-18-7-4-3-6-16(18)20(26-21)23-14(2)19-8-5-11-27-19/h3-12,14H,1-2H3,(H2,23,24,25,26)/t14-/m1/s1. The quantitative estimate of drug-likeness (QED) is 0.402. The Hall–Kier alpha value is -2.63. The first-order chi connectivity index (χ1) is 13.1. The molecular formula is C21H19ClN4S. The number of halogens is 1. The van der Waals surface area contributed by atoms with Crippen molar-refractivity contribution in [3.05, 3.63) is 75.4 Å². The Morgan fingerprint density at radius 1 is 1.04 bits per heavy atom. The van der Waals surface area contributed by atoms with Crippen LogP contribution in [0.2, 0.25) is 5.02 Å². The third-order valence-corrected chi connectivity index (χ3v) is 5.82. The van der Waals surface area contributed by atoms with E-state index in [1.54, 1.807) is 11.3 Å². The first-order valence-corrected chi connectivity index (χ1v) is 9.96. The minimum Gasteiger partial charge on any atom is -0.362 e. The zero-order chi connectivity index (χ0) is 18.8. The molecule has 2 N–H and O–H groups in total. The van der Waals surface area contributed by atoms with Crippen molar-refractivity contribution in [2.45, 2.75) is 19.9 Å². The lowest BCUT2D eigenvalue weighted by molar-refractivity contribution is 0.898. The van der Waals surface area contributed by atoms with Gasteiger partial charge in [0, 0.05) is 21.0 Å². The van der Waals surface area contributed by atoms with Crippen LogP contribution in [0.5, 0.6) is 0 Å². The van der Waals surface area contributed by atoms with E-state index in [-0.39, 0.29) is 6.04 Å². The van der Waals surface area contributed by atoms with Crippen LogP contribution in [-0.2, 0) is 0 Å². The predicted molar refractivity (Wildman–Crippen MR) is 115 cm³/mol. The van der Waals surface area contributed by atoms with Gasteiger partial charge in [0.2, 0.25) is 5.95 Å². The zero-order valence-corrected chi connectivity index (χ0v) is 16.6. The van der Waals surface area contributed by atoms with Crippen LogP contribution < -0.4 is 10.6 Å². The zero-order valence-electron chi connectivity index (χ0n) is 15.0. The molecule has 136 valence electrons. The van der Waals surface area contributed by atoms with Gasteiger partial charge in [-0.25, -0.2) is 4.98 Å². The average Bonchev–Trinajstić information content (AvgIpc) is 3.20. The molecule has 4 aromatic rings. The fourth-order valence-electron chi connectivity index (χ4n) is 2.86. The molecule has 2 heterocycles. The van der Waals surface area contributed by atoms with Gasteiger partial charge in [0.25, 0.3) is 0 Å². The Labute approximate surface area is 167 Å². The molecule has 2 aromatic heterocycles. The van der Waals surface area contributed by atoms with E-state index in [4.69, 9.17) is 16.6 Å². The first-order valence-electron chi connectivity index (χ1n) is 8.70. The van der Waals surface area contributed by atoms with Crippen LogP contribution in [0.4, 0.5) is 17.5 Å². The number of para-hydroxylation sites is 1. The van der Waals surface area contributed by atoms with Gasteiger partial charge in [-0.2, -0.15) is 4.98 Å². The van der Waals surface area contributed by atoms with Gasteiger partial charge >= 0.3 is 0 Å². The van der Waals surface area contributed by atoms with Crippen LogP contribution in [0.1, 0.15) is 23.4 Å². The molecule has 0 saturated heterocycles. The molecule has 0 fully saturated rings. The van der Waals surface area contributed by atoms with Gasteiger partial charge in [-0.15, -0.1) is 11.3 Å². The van der Waals surface area contributed by atoms with Gasteiger partial charge in [0.05, 0.1) is 11.6 Å². The summed E-state index contributed by atoms with van der Waals surface area (Å²) in [6, 6.07) is 18.2. The van der Waals surface area contributed by atoms with Crippen molar-refractivity contribution in [3.63, 3.8) is 0 Å². The number of nitrogens with one attached hydrogen (secondary N) is 2. The number of anilines is 3. The summed E-state index contributed by atoms with van der Waals surface area (Å²) in [7, 11) is 0. The molecule has 27 heavy (non-hydrogen) atoms. The maximum absolute atomic E-state index is 6.24. The van der Waals surface area contributed by atoms with Crippen LogP contribution >= 0.6 is 22.9 Å². The number of hydrogen-bond donors (Lipinski definition) is 2. The number of fused-ring (bicyclic) bond motifs is 1. The molecule has 4 rings (SSSR count). The van der Waals surface area contributed by atoms with Crippen LogP contribution in [0.3, 0.4) is 0 Å². The highest BCUT2D eigenvalue weighted by atomic mass is 35.5. The van der Waals surface area contributed by atoms with Gasteiger partial charge < -0.3 is 10.6 Å². The molecule has 0 aliphatic rings. The fraction of sp³-hybridized carbons (Fsp3) is 0.143. The number of benzene rings is 2. The largest absolute Gasteiger partial charge is 0.362 e. The molecule has 0 spiro atoms. The van der Waals surface area contributed by atoms with Crippen molar-refractivity contribution >= 4 is 51.3 Å². The predicted octanol–water partition coefficient (Wildman–Crippen LogP) is 6.57. The highest BCUT2D eigenvalue weighted by Crippen LogP contribution is 2.29. The molecule has 0 saturated carbocycles. The average molecular weight is 395 g/mol. The maximum Gasteiger partial charge on any atom is 0.229 e. The van der Waals surface area contributed by atoms with E-state index in [1.165, 1.54) is 4.88 Å². The van der Waals surface area contributed by atoms with E-state index in [2.05, 4.69) is 40.1 Å². The van der Waals surface area contributed by atoms with Crippen molar-refractivity contribution < 1.29 is 0 Å². The summed E-state index contributed by atoms with van der Waals surface area (Å²) in [5, 5.41) is 10.6. The first kappa shape index (κ1) is 17.8. The second-order valence-electron chi connectivity index (χ2n) is 6.38. The van der Waals surface area contributed by atoms with E-state index in [0.29, 0.717) is 11.0 Å². The summed E-state index contributed by atoms with van der Waals surface area (Å²) in [5.74, 6) is 1.34. The Kier molecular flexibility index (Phi) is 4.97. The number of aromatic nitrogens is 2. The minimum atomic E-state index is 0.157. The Morgan fingerprint density at radius 3 is 2.67 bits per heavy atom. The molecule has 1 atom stereocenters. The highest BCUT2D eigenvalue weighted by molar-refractivity contribution is 7.10. The van der Waals surface area contributed by atoms with Crippen LogP contribution in [0.25, 0.3) is 10.9 Å². The molecule has 6 heteroatoms. The van der Waals surface area contributed by atoms with E-state index >= 15 is 0 Å². The van der Waals surface area contributed by atoms with E-state index in [0.717, 1.165) is 28.0 Å². The van der Waals surface area contributed by atoms with Crippen LogP contribution in [0.15, 0.2) is 60.0 Å². The lowest BCUT2D eigenvalue weighted by atomic mass is 10.2. The Bertz CT molecular complexity index is 1080. The number of aryl methyl sites for hydroxylation is 1. The van der Waals surface area contributed by atoms with Gasteiger partial charge in [0.1, 0.15) is 5.82 Å². The summed E-state index contributed by atoms with van der Waals surface area (Å²) in [6.07, 6.45) is 0. The lowest BCUT2D eigenvalue weighted by Gasteiger charge is -2.16. The van der Waals surface area contributed by atoms with Crippen molar-refractivity contribution in [3.8, 4) is 0 Å². The summed E-state index contributed by atoms with van der Waals surface area (Å²) in [4.78, 5) is 10.6. The smallest absolute Gasteiger partial charge is 0.229 e. The normalized spacial score (nSPS) is 12.1. The van der Waals surface area contributed by atoms with E-state index in [9.17, 15) is 0 Å². The molecule has 4 nitrogen and oxygen atoms in total. The van der Waals surface area contributed by atoms with Crippen molar-refractivity contribution in [1.29, 1.82) is 0 Å². The number of thiophene rings is 1. The monoisotopic (exact) mass is 394 g/mol. The number of nitrogens with zero attached hydrogens (tertiary/aromatic N) is 2. The summed E-state index contributed by atoms with van der Waals surface area (Å²) in [6.45, 7) is 4.11. The second kappa shape index (κ2) is 7.55. The highest BCUT2D eigenvalue weighted by Gasteiger charge is 2.12. The maximum atomic E-state index is 6.24. The molecule has 0 aliphatic carbocycles. The molecule has 0 radical (unpaired) electrons. The van der Waals surface area contributed by atoms with Gasteiger partial charge in [-0.3, -0.25) is 0 Å².